The fourth-order valence-electron chi connectivity index (χ4n) is 3.16. The van der Waals surface area contributed by atoms with Gasteiger partial charge in [-0.2, -0.15) is 4.31 Å². The molecule has 1 aliphatic carbocycles. The van der Waals surface area contributed by atoms with Crippen LogP contribution in [0.5, 0.6) is 11.5 Å². The molecule has 0 unspecified atom stereocenters. The lowest BCUT2D eigenvalue weighted by Gasteiger charge is -2.21. The number of rotatable bonds is 9. The van der Waals surface area contributed by atoms with Crippen LogP contribution in [0.4, 0.5) is 0 Å². The molecule has 0 radical (unpaired) electrons. The van der Waals surface area contributed by atoms with Crippen LogP contribution < -0.4 is 9.47 Å². The van der Waals surface area contributed by atoms with Crippen LogP contribution in [0, 0.1) is 6.92 Å². The first-order valence-electron chi connectivity index (χ1n) is 9.75. The monoisotopic (exact) mass is 444 g/mol. The van der Waals surface area contributed by atoms with Crippen LogP contribution in [0.15, 0.2) is 58.8 Å². The lowest BCUT2D eigenvalue weighted by molar-refractivity contribution is 0.302. The van der Waals surface area contributed by atoms with Gasteiger partial charge in [0.25, 0.3) is 0 Å². The highest BCUT2D eigenvalue weighted by molar-refractivity contribution is 7.89. The van der Waals surface area contributed by atoms with E-state index >= 15 is 0 Å². The highest BCUT2D eigenvalue weighted by atomic mass is 32.2. The number of nitrogens with zero attached hydrogens (tertiary/aromatic N) is 2. The number of hydrogen-bond donors (Lipinski definition) is 0. The Morgan fingerprint density at radius 2 is 1.87 bits per heavy atom. The predicted octanol–water partition coefficient (Wildman–Crippen LogP) is 4.39. The van der Waals surface area contributed by atoms with Gasteiger partial charge in [-0.15, -0.1) is 11.3 Å². The molecule has 0 N–H and O–H groups in total. The number of methoxy groups -OCH3 is 1. The highest BCUT2D eigenvalue weighted by Crippen LogP contribution is 2.34. The molecular formula is C22H24N2O4S2. The minimum Gasteiger partial charge on any atom is -0.497 e. The summed E-state index contributed by atoms with van der Waals surface area (Å²) in [5.74, 6) is 1.46. The molecule has 8 heteroatoms. The van der Waals surface area contributed by atoms with Crippen molar-refractivity contribution >= 4 is 21.4 Å². The molecule has 30 heavy (non-hydrogen) atoms. The Bertz CT molecular complexity index is 1110. The molecule has 1 fully saturated rings. The molecule has 1 saturated carbocycles. The second kappa shape index (κ2) is 8.75. The molecule has 0 saturated heterocycles. The normalized spacial score (nSPS) is 14.1. The maximum atomic E-state index is 13.2. The van der Waals surface area contributed by atoms with Crippen molar-refractivity contribution in [2.24, 2.45) is 0 Å². The predicted molar refractivity (Wildman–Crippen MR) is 116 cm³/mol. The number of aromatic nitrogens is 1. The third-order valence-corrected chi connectivity index (χ3v) is 7.77. The summed E-state index contributed by atoms with van der Waals surface area (Å²) in [6.45, 7) is 2.63. The Morgan fingerprint density at radius 1 is 1.13 bits per heavy atom. The van der Waals surface area contributed by atoms with Crippen LogP contribution in [0.2, 0.25) is 0 Å². The van der Waals surface area contributed by atoms with Crippen molar-refractivity contribution in [1.82, 2.24) is 9.29 Å². The van der Waals surface area contributed by atoms with E-state index in [1.807, 2.05) is 36.6 Å². The summed E-state index contributed by atoms with van der Waals surface area (Å²) in [7, 11) is -2.04. The SMILES string of the molecule is COc1ccc(S(=O)(=O)N(Cc2csc(COc3ccccc3C)n2)C2CC2)cc1. The van der Waals surface area contributed by atoms with Crippen molar-refractivity contribution in [1.29, 1.82) is 0 Å². The van der Waals surface area contributed by atoms with Crippen molar-refractivity contribution < 1.29 is 17.9 Å². The fraction of sp³-hybridized carbons (Fsp3) is 0.318. The molecule has 158 valence electrons. The summed E-state index contributed by atoms with van der Waals surface area (Å²) in [6, 6.07) is 14.4. The van der Waals surface area contributed by atoms with Crippen LogP contribution in [0.3, 0.4) is 0 Å². The highest BCUT2D eigenvalue weighted by Gasteiger charge is 2.38. The minimum atomic E-state index is -3.60. The van der Waals surface area contributed by atoms with Crippen LogP contribution in [-0.2, 0) is 23.2 Å². The van der Waals surface area contributed by atoms with E-state index in [9.17, 15) is 8.42 Å². The van der Waals surface area contributed by atoms with E-state index in [1.165, 1.54) is 11.3 Å². The maximum absolute atomic E-state index is 13.2. The van der Waals surface area contributed by atoms with Gasteiger partial charge in [0.15, 0.2) is 0 Å². The van der Waals surface area contributed by atoms with Crippen LogP contribution >= 0.6 is 11.3 Å². The number of thiazole rings is 1. The minimum absolute atomic E-state index is 0.0328. The van der Waals surface area contributed by atoms with Gasteiger partial charge in [0, 0.05) is 11.4 Å². The molecule has 0 spiro atoms. The molecule has 2 aromatic carbocycles. The number of hydrogen-bond acceptors (Lipinski definition) is 6. The van der Waals surface area contributed by atoms with Crippen LogP contribution in [-0.4, -0.2) is 30.9 Å². The molecule has 0 amide bonds. The van der Waals surface area contributed by atoms with E-state index in [0.29, 0.717) is 12.4 Å². The van der Waals surface area contributed by atoms with Gasteiger partial charge in [-0.1, -0.05) is 18.2 Å². The summed E-state index contributed by atoms with van der Waals surface area (Å²) in [4.78, 5) is 4.88. The van der Waals surface area contributed by atoms with Crippen molar-refractivity contribution in [3.63, 3.8) is 0 Å². The second-order valence-electron chi connectivity index (χ2n) is 7.24. The Hall–Kier alpha value is -2.42. The van der Waals surface area contributed by atoms with E-state index in [-0.39, 0.29) is 17.5 Å². The van der Waals surface area contributed by atoms with Crippen molar-refractivity contribution in [2.45, 2.75) is 43.9 Å². The number of sulfonamides is 1. The average molecular weight is 445 g/mol. The van der Waals surface area contributed by atoms with Gasteiger partial charge in [0.05, 0.1) is 24.2 Å². The molecule has 0 atom stereocenters. The van der Waals surface area contributed by atoms with Crippen molar-refractivity contribution in [2.75, 3.05) is 7.11 Å². The average Bonchev–Trinajstić information content (AvgIpc) is 3.49. The first-order chi connectivity index (χ1) is 14.5. The molecule has 6 nitrogen and oxygen atoms in total. The third-order valence-electron chi connectivity index (χ3n) is 4.98. The Labute approximate surface area is 181 Å². The number of ether oxygens (including phenoxy) is 2. The first kappa shape index (κ1) is 20.8. The zero-order valence-electron chi connectivity index (χ0n) is 16.9. The maximum Gasteiger partial charge on any atom is 0.243 e. The van der Waals surface area contributed by atoms with Gasteiger partial charge >= 0.3 is 0 Å². The Balaban J connectivity index is 1.47. The van der Waals surface area contributed by atoms with E-state index in [0.717, 1.165) is 34.9 Å². The molecule has 4 rings (SSSR count). The van der Waals surface area contributed by atoms with E-state index in [1.54, 1.807) is 35.7 Å². The van der Waals surface area contributed by atoms with Gasteiger partial charge in [-0.3, -0.25) is 0 Å². The molecular weight excluding hydrogens is 420 g/mol. The van der Waals surface area contributed by atoms with Gasteiger partial charge in [0.1, 0.15) is 23.1 Å². The van der Waals surface area contributed by atoms with E-state index in [4.69, 9.17) is 9.47 Å². The topological polar surface area (TPSA) is 68.7 Å². The molecule has 1 heterocycles. The van der Waals surface area contributed by atoms with Crippen LogP contribution in [0.1, 0.15) is 29.1 Å². The van der Waals surface area contributed by atoms with E-state index in [2.05, 4.69) is 4.98 Å². The lowest BCUT2D eigenvalue weighted by Crippen LogP contribution is -2.32. The van der Waals surface area contributed by atoms with Crippen LogP contribution in [0.25, 0.3) is 0 Å². The molecule has 0 bridgehead atoms. The molecule has 1 aromatic heterocycles. The van der Waals surface area contributed by atoms with Gasteiger partial charge < -0.3 is 9.47 Å². The number of para-hydroxylation sites is 1. The number of aryl methyl sites for hydroxylation is 1. The lowest BCUT2D eigenvalue weighted by atomic mass is 10.2. The van der Waals surface area contributed by atoms with Gasteiger partial charge in [-0.25, -0.2) is 13.4 Å². The van der Waals surface area contributed by atoms with Crippen molar-refractivity contribution in [3.8, 4) is 11.5 Å². The third kappa shape index (κ3) is 4.66. The summed E-state index contributed by atoms with van der Waals surface area (Å²) in [5, 5.41) is 2.74. The zero-order valence-corrected chi connectivity index (χ0v) is 18.6. The molecule has 0 aliphatic heterocycles. The van der Waals surface area contributed by atoms with E-state index < -0.39 is 10.0 Å². The smallest absolute Gasteiger partial charge is 0.243 e. The van der Waals surface area contributed by atoms with Crippen molar-refractivity contribution in [3.05, 3.63) is 70.2 Å². The number of benzene rings is 2. The summed E-state index contributed by atoms with van der Waals surface area (Å²) in [5.41, 5.74) is 1.81. The zero-order chi connectivity index (χ0) is 21.1. The largest absolute Gasteiger partial charge is 0.497 e. The van der Waals surface area contributed by atoms with Gasteiger partial charge in [0.2, 0.25) is 10.0 Å². The Morgan fingerprint density at radius 3 is 2.53 bits per heavy atom. The van der Waals surface area contributed by atoms with Gasteiger partial charge in [-0.05, 0) is 55.7 Å². The standard InChI is InChI=1S/C22H24N2O4S2/c1-16-5-3-4-6-21(16)28-14-22-23-17(15-29-22)13-24(18-7-8-18)30(25,26)20-11-9-19(27-2)10-12-20/h3-6,9-12,15,18H,7-8,13-14H2,1-2H3. The quantitative estimate of drug-likeness (QED) is 0.490. The second-order valence-corrected chi connectivity index (χ2v) is 10.1. The first-order valence-corrected chi connectivity index (χ1v) is 12.1. The summed E-state index contributed by atoms with van der Waals surface area (Å²) < 4.78 is 39.0. The Kier molecular flexibility index (Phi) is 6.08. The summed E-state index contributed by atoms with van der Waals surface area (Å²) in [6.07, 6.45) is 1.76. The molecule has 1 aliphatic rings. The molecule has 3 aromatic rings. The summed E-state index contributed by atoms with van der Waals surface area (Å²) >= 11 is 1.49. The fourth-order valence-corrected chi connectivity index (χ4v) is 5.51.